The van der Waals surface area contributed by atoms with E-state index in [1.807, 2.05) is 13.8 Å². The molecule has 100 valence electrons. The molecule has 0 fully saturated rings. The van der Waals surface area contributed by atoms with Gasteiger partial charge in [0.1, 0.15) is 0 Å². The maximum absolute atomic E-state index is 11.9. The lowest BCUT2D eigenvalue weighted by Gasteiger charge is -2.12. The number of rotatable bonds is 4. The summed E-state index contributed by atoms with van der Waals surface area (Å²) >= 11 is 5.87. The minimum Gasteiger partial charge on any atom is -0.350 e. The third kappa shape index (κ3) is 3.86. The molecular formula is C11H13Cl2NO3S. The second kappa shape index (κ2) is 5.91. The first-order valence-corrected chi connectivity index (χ1v) is 7.99. The van der Waals surface area contributed by atoms with Gasteiger partial charge in [-0.2, -0.15) is 0 Å². The Kier molecular flexibility index (Phi) is 5.01. The fraction of sp³-hybridized carbons (Fsp3) is 0.364. The van der Waals surface area contributed by atoms with Crippen LogP contribution in [0.3, 0.4) is 0 Å². The van der Waals surface area contributed by atoms with E-state index in [0.29, 0.717) is 0 Å². The smallest absolute Gasteiger partial charge is 0.261 e. The molecule has 0 saturated carbocycles. The van der Waals surface area contributed by atoms with Crippen molar-refractivity contribution in [2.24, 2.45) is 0 Å². The van der Waals surface area contributed by atoms with Crippen molar-refractivity contribution >= 4 is 37.2 Å². The molecule has 0 saturated heterocycles. The van der Waals surface area contributed by atoms with Crippen molar-refractivity contribution in [3.63, 3.8) is 0 Å². The van der Waals surface area contributed by atoms with E-state index in [1.165, 1.54) is 18.2 Å². The molecule has 0 heterocycles. The van der Waals surface area contributed by atoms with Gasteiger partial charge in [0.25, 0.3) is 15.0 Å². The van der Waals surface area contributed by atoms with Crippen molar-refractivity contribution < 1.29 is 13.2 Å². The van der Waals surface area contributed by atoms with Crippen LogP contribution in [0, 0.1) is 0 Å². The minimum absolute atomic E-state index is 0.0233. The van der Waals surface area contributed by atoms with Gasteiger partial charge >= 0.3 is 0 Å². The summed E-state index contributed by atoms with van der Waals surface area (Å²) in [6.45, 7) is 3.76. The zero-order chi connectivity index (χ0) is 13.9. The average molecular weight is 310 g/mol. The number of hydrogen-bond donors (Lipinski definition) is 1. The fourth-order valence-electron chi connectivity index (χ4n) is 1.23. The van der Waals surface area contributed by atoms with Crippen molar-refractivity contribution in [1.82, 2.24) is 5.32 Å². The summed E-state index contributed by atoms with van der Waals surface area (Å²) in [5.41, 5.74) is 0.0960. The Hall–Kier alpha value is -0.780. The number of carbonyl (C=O) groups is 1. The molecule has 0 radical (unpaired) electrons. The molecule has 1 N–H and O–H groups in total. The molecule has 0 spiro atoms. The van der Waals surface area contributed by atoms with Crippen molar-refractivity contribution in [2.45, 2.75) is 31.2 Å². The first kappa shape index (κ1) is 15.3. The molecule has 1 aromatic rings. The first-order chi connectivity index (χ1) is 8.25. The van der Waals surface area contributed by atoms with E-state index < -0.39 is 15.0 Å². The molecular weight excluding hydrogens is 297 g/mol. The Morgan fingerprint density at radius 3 is 2.56 bits per heavy atom. The standard InChI is InChI=1S/C11H13Cl2NO3S/c1-3-7(2)14-11(15)9-6-8(18(13,16)17)4-5-10(9)12/h4-7H,3H2,1-2H3,(H,14,15). The number of halogens is 2. The highest BCUT2D eigenvalue weighted by molar-refractivity contribution is 8.13. The molecule has 1 unspecified atom stereocenters. The molecule has 0 bridgehead atoms. The number of hydrogen-bond acceptors (Lipinski definition) is 3. The third-order valence-electron chi connectivity index (χ3n) is 2.45. The van der Waals surface area contributed by atoms with Crippen LogP contribution in [0.25, 0.3) is 0 Å². The fourth-order valence-corrected chi connectivity index (χ4v) is 2.21. The van der Waals surface area contributed by atoms with Gasteiger partial charge in [-0.1, -0.05) is 18.5 Å². The van der Waals surface area contributed by atoms with E-state index >= 15 is 0 Å². The Morgan fingerprint density at radius 1 is 1.44 bits per heavy atom. The summed E-state index contributed by atoms with van der Waals surface area (Å²) in [6.07, 6.45) is 0.761. The average Bonchev–Trinajstić information content (AvgIpc) is 2.27. The maximum atomic E-state index is 11.9. The number of benzene rings is 1. The highest BCUT2D eigenvalue weighted by atomic mass is 35.7. The lowest BCUT2D eigenvalue weighted by atomic mass is 10.2. The van der Waals surface area contributed by atoms with Crippen molar-refractivity contribution in [3.8, 4) is 0 Å². The summed E-state index contributed by atoms with van der Waals surface area (Å²) < 4.78 is 22.4. The topological polar surface area (TPSA) is 63.2 Å². The second-order valence-electron chi connectivity index (χ2n) is 3.86. The van der Waals surface area contributed by atoms with Crippen LogP contribution in [0.5, 0.6) is 0 Å². The largest absolute Gasteiger partial charge is 0.350 e. The maximum Gasteiger partial charge on any atom is 0.261 e. The van der Waals surface area contributed by atoms with Crippen molar-refractivity contribution in [1.29, 1.82) is 0 Å². The quantitative estimate of drug-likeness (QED) is 0.870. The molecule has 1 rings (SSSR count). The van der Waals surface area contributed by atoms with Gasteiger partial charge in [-0.05, 0) is 31.5 Å². The van der Waals surface area contributed by atoms with Crippen LogP contribution in [0.4, 0.5) is 0 Å². The summed E-state index contributed by atoms with van der Waals surface area (Å²) in [4.78, 5) is 11.7. The van der Waals surface area contributed by atoms with Crippen LogP contribution in [-0.2, 0) is 9.05 Å². The number of amides is 1. The van der Waals surface area contributed by atoms with Gasteiger partial charge in [-0.25, -0.2) is 8.42 Å². The lowest BCUT2D eigenvalue weighted by molar-refractivity contribution is 0.0939. The van der Waals surface area contributed by atoms with Crippen LogP contribution in [0.1, 0.15) is 30.6 Å². The van der Waals surface area contributed by atoms with Crippen LogP contribution in [0.2, 0.25) is 5.02 Å². The first-order valence-electron chi connectivity index (χ1n) is 5.30. The molecule has 0 aliphatic heterocycles. The van der Waals surface area contributed by atoms with Gasteiger partial charge in [0.15, 0.2) is 0 Å². The molecule has 0 aromatic heterocycles. The van der Waals surface area contributed by atoms with Crippen molar-refractivity contribution in [3.05, 3.63) is 28.8 Å². The number of nitrogens with one attached hydrogen (secondary N) is 1. The van der Waals surface area contributed by atoms with Crippen LogP contribution in [0.15, 0.2) is 23.1 Å². The highest BCUT2D eigenvalue weighted by Gasteiger charge is 2.17. The van der Waals surface area contributed by atoms with Gasteiger partial charge in [-0.15, -0.1) is 0 Å². The predicted octanol–water partition coefficient (Wildman–Crippen LogP) is 2.80. The monoisotopic (exact) mass is 309 g/mol. The summed E-state index contributed by atoms with van der Waals surface area (Å²) in [5, 5.41) is 2.88. The highest BCUT2D eigenvalue weighted by Crippen LogP contribution is 2.22. The van der Waals surface area contributed by atoms with Crippen LogP contribution in [-0.4, -0.2) is 20.4 Å². The van der Waals surface area contributed by atoms with Gasteiger partial charge in [-0.3, -0.25) is 4.79 Å². The molecule has 18 heavy (non-hydrogen) atoms. The summed E-state index contributed by atoms with van der Waals surface area (Å²) in [7, 11) is 1.34. The van der Waals surface area contributed by atoms with Gasteiger partial charge in [0, 0.05) is 16.7 Å². The molecule has 1 amide bonds. The molecule has 0 aliphatic carbocycles. The normalized spacial score (nSPS) is 13.1. The number of carbonyl (C=O) groups excluding carboxylic acids is 1. The summed E-state index contributed by atoms with van der Waals surface area (Å²) in [5.74, 6) is -0.420. The Morgan fingerprint density at radius 2 is 2.06 bits per heavy atom. The van der Waals surface area contributed by atoms with E-state index in [-0.39, 0.29) is 21.5 Å². The van der Waals surface area contributed by atoms with Gasteiger partial charge < -0.3 is 5.32 Å². The minimum atomic E-state index is -3.88. The van der Waals surface area contributed by atoms with E-state index in [0.717, 1.165) is 6.42 Å². The van der Waals surface area contributed by atoms with E-state index in [1.54, 1.807) is 0 Å². The van der Waals surface area contributed by atoms with Crippen LogP contribution >= 0.6 is 22.3 Å². The zero-order valence-electron chi connectivity index (χ0n) is 9.91. The zero-order valence-corrected chi connectivity index (χ0v) is 12.2. The van der Waals surface area contributed by atoms with Gasteiger partial charge in [0.2, 0.25) is 0 Å². The molecule has 7 heteroatoms. The third-order valence-corrected chi connectivity index (χ3v) is 4.13. The van der Waals surface area contributed by atoms with Crippen molar-refractivity contribution in [2.75, 3.05) is 0 Å². The van der Waals surface area contributed by atoms with E-state index in [9.17, 15) is 13.2 Å². The Bertz CT molecular complexity index is 557. The van der Waals surface area contributed by atoms with E-state index in [2.05, 4.69) is 5.32 Å². The molecule has 0 aliphatic rings. The molecule has 1 atom stereocenters. The predicted molar refractivity (Wildman–Crippen MR) is 71.7 cm³/mol. The molecule has 4 nitrogen and oxygen atoms in total. The second-order valence-corrected chi connectivity index (χ2v) is 6.84. The Labute approximate surface area is 116 Å². The van der Waals surface area contributed by atoms with Gasteiger partial charge in [0.05, 0.1) is 15.5 Å². The van der Waals surface area contributed by atoms with Crippen LogP contribution < -0.4 is 5.32 Å². The Balaban J connectivity index is 3.12. The SMILES string of the molecule is CCC(C)NC(=O)c1cc(S(=O)(=O)Cl)ccc1Cl. The lowest BCUT2D eigenvalue weighted by Crippen LogP contribution is -2.32. The summed E-state index contributed by atoms with van der Waals surface area (Å²) in [6, 6.07) is 3.74. The van der Waals surface area contributed by atoms with E-state index in [4.69, 9.17) is 22.3 Å². The molecule has 1 aromatic carbocycles.